The van der Waals surface area contributed by atoms with Gasteiger partial charge in [0, 0.05) is 0 Å². The number of rotatable bonds is 26. The van der Waals surface area contributed by atoms with Gasteiger partial charge in [-0.25, -0.2) is 4.57 Å². The van der Waals surface area contributed by atoms with Crippen LogP contribution in [-0.2, 0) is 13.6 Å². The van der Waals surface area contributed by atoms with Crippen molar-refractivity contribution in [2.75, 3.05) is 19.8 Å². The molecule has 0 heterocycles. The molecule has 6 heteroatoms. The van der Waals surface area contributed by atoms with Gasteiger partial charge in [-0.1, -0.05) is 144 Å². The van der Waals surface area contributed by atoms with E-state index in [1.54, 1.807) is 0 Å². The van der Waals surface area contributed by atoms with Crippen LogP contribution in [-0.4, -0.2) is 24.7 Å². The summed E-state index contributed by atoms with van der Waals surface area (Å²) in [6.07, 6.45) is 25.5. The van der Waals surface area contributed by atoms with Crippen LogP contribution < -0.4 is 5.73 Å². The summed E-state index contributed by atoms with van der Waals surface area (Å²) >= 11 is 0. The predicted molar refractivity (Wildman–Crippen MR) is 158 cm³/mol. The van der Waals surface area contributed by atoms with E-state index in [2.05, 4.69) is 34.6 Å². The summed E-state index contributed by atoms with van der Waals surface area (Å²) in [6, 6.07) is 0. The molecule has 0 fully saturated rings. The molecule has 2 unspecified atom stereocenters. The van der Waals surface area contributed by atoms with Gasteiger partial charge in [0.1, 0.15) is 0 Å². The molecule has 0 rings (SSSR count). The van der Waals surface area contributed by atoms with Crippen LogP contribution in [0.1, 0.15) is 163 Å². The normalized spacial score (nSPS) is 14.6. The molecule has 0 aromatic heterocycles. The summed E-state index contributed by atoms with van der Waals surface area (Å²) in [5, 5.41) is 0. The molecule has 0 amide bonds. The van der Waals surface area contributed by atoms with Gasteiger partial charge in [-0.2, -0.15) is 0 Å². The smallest absolute Gasteiger partial charge is 0.330 e. The Morgan fingerprint density at radius 3 is 1.22 bits per heavy atom. The third-order valence-electron chi connectivity index (χ3n) is 7.09. The summed E-state index contributed by atoms with van der Waals surface area (Å²) in [7, 11) is -3.89. The Labute approximate surface area is 226 Å². The van der Waals surface area contributed by atoms with Crippen molar-refractivity contribution < 1.29 is 18.5 Å². The van der Waals surface area contributed by atoms with E-state index in [0.29, 0.717) is 25.0 Å². The minimum Gasteiger partial charge on any atom is -0.330 e. The third kappa shape index (κ3) is 28.6. The first-order valence-electron chi connectivity index (χ1n) is 15.7. The van der Waals surface area contributed by atoms with Crippen LogP contribution in [0.15, 0.2) is 0 Å². The second-order valence-corrected chi connectivity index (χ2v) is 12.0. The van der Waals surface area contributed by atoms with E-state index >= 15 is 0 Å². The highest BCUT2D eigenvalue weighted by Crippen LogP contribution is 2.44. The summed E-state index contributed by atoms with van der Waals surface area (Å²) in [5.41, 5.74) is 5.45. The number of hydrogen-bond donors (Lipinski definition) is 2. The number of nitrogens with two attached hydrogens (primary N) is 1. The van der Waals surface area contributed by atoms with Gasteiger partial charge in [0.05, 0.1) is 13.2 Å². The van der Waals surface area contributed by atoms with Crippen LogP contribution in [0.2, 0.25) is 0 Å². The van der Waals surface area contributed by atoms with Crippen LogP contribution >= 0.6 is 7.82 Å². The number of hydrogen-bond acceptors (Lipinski definition) is 4. The maximum atomic E-state index is 11.9. The molecule has 0 aliphatic heterocycles. The van der Waals surface area contributed by atoms with Crippen LogP contribution in [0, 0.1) is 11.8 Å². The van der Waals surface area contributed by atoms with Crippen LogP contribution in [0.5, 0.6) is 0 Å². The van der Waals surface area contributed by atoms with E-state index in [-0.39, 0.29) is 0 Å². The van der Waals surface area contributed by atoms with Gasteiger partial charge in [-0.05, 0) is 37.6 Å². The molecule has 220 valence electrons. The van der Waals surface area contributed by atoms with E-state index in [1.807, 2.05) is 0 Å². The largest absolute Gasteiger partial charge is 0.472 e. The summed E-state index contributed by atoms with van der Waals surface area (Å²) in [6.45, 7) is 12.3. The first-order chi connectivity index (χ1) is 17.4. The molecule has 0 saturated carbocycles. The maximum Gasteiger partial charge on any atom is 0.472 e. The van der Waals surface area contributed by atoms with Crippen molar-refractivity contribution in [3.05, 3.63) is 0 Å². The SMILES string of the molecule is CCCCC(CC)COP(=O)(O)OCC(CC)CCCC.CCCCCCCCCCCCCCN. The van der Waals surface area contributed by atoms with Crippen molar-refractivity contribution in [3.8, 4) is 0 Å². The van der Waals surface area contributed by atoms with Crippen molar-refractivity contribution >= 4 is 7.82 Å². The summed E-state index contributed by atoms with van der Waals surface area (Å²) in [5.74, 6) is 0.687. The summed E-state index contributed by atoms with van der Waals surface area (Å²) in [4.78, 5) is 9.77. The zero-order valence-corrected chi connectivity index (χ0v) is 26.0. The first-order valence-corrected chi connectivity index (χ1v) is 17.2. The lowest BCUT2D eigenvalue weighted by Gasteiger charge is -2.20. The first kappa shape index (κ1) is 38.2. The molecule has 0 saturated heterocycles. The lowest BCUT2D eigenvalue weighted by atomic mass is 10.0. The van der Waals surface area contributed by atoms with Gasteiger partial charge in [0.15, 0.2) is 0 Å². The average Bonchev–Trinajstić information content (AvgIpc) is 2.88. The highest BCUT2D eigenvalue weighted by molar-refractivity contribution is 7.47. The van der Waals surface area contributed by atoms with E-state index in [0.717, 1.165) is 57.9 Å². The lowest BCUT2D eigenvalue weighted by Crippen LogP contribution is -2.12. The van der Waals surface area contributed by atoms with E-state index in [1.165, 1.54) is 77.0 Å². The Morgan fingerprint density at radius 2 is 0.917 bits per heavy atom. The van der Waals surface area contributed by atoms with E-state index in [9.17, 15) is 9.46 Å². The third-order valence-corrected chi connectivity index (χ3v) is 8.04. The molecule has 0 bridgehead atoms. The molecule has 3 N–H and O–H groups in total. The fourth-order valence-electron chi connectivity index (χ4n) is 4.22. The molecule has 0 spiro atoms. The quantitative estimate of drug-likeness (QED) is 0.0850. The molecule has 2 atom stereocenters. The Bertz CT molecular complexity index is 428. The fourth-order valence-corrected chi connectivity index (χ4v) is 5.09. The van der Waals surface area contributed by atoms with Crippen molar-refractivity contribution in [3.63, 3.8) is 0 Å². The molecule has 0 aliphatic carbocycles. The Kier molecular flexibility index (Phi) is 31.4. The van der Waals surface area contributed by atoms with Gasteiger partial charge in [-0.15, -0.1) is 0 Å². The molecule has 0 aliphatic rings. The number of phosphoric ester groups is 1. The van der Waals surface area contributed by atoms with E-state index in [4.69, 9.17) is 14.8 Å². The highest BCUT2D eigenvalue weighted by Gasteiger charge is 2.24. The fraction of sp³-hybridized carbons (Fsp3) is 1.00. The zero-order chi connectivity index (χ0) is 27.3. The van der Waals surface area contributed by atoms with Crippen molar-refractivity contribution in [1.82, 2.24) is 0 Å². The van der Waals surface area contributed by atoms with Crippen LogP contribution in [0.4, 0.5) is 0 Å². The monoisotopic (exact) mass is 535 g/mol. The predicted octanol–water partition coefficient (Wildman–Crippen LogP) is 10.2. The second kappa shape index (κ2) is 29.6. The van der Waals surface area contributed by atoms with Crippen molar-refractivity contribution in [2.24, 2.45) is 17.6 Å². The van der Waals surface area contributed by atoms with Gasteiger partial charge in [0.25, 0.3) is 0 Å². The van der Waals surface area contributed by atoms with Crippen LogP contribution in [0.3, 0.4) is 0 Å². The zero-order valence-electron chi connectivity index (χ0n) is 25.1. The Hall–Kier alpha value is 0.0700. The van der Waals surface area contributed by atoms with Gasteiger partial charge < -0.3 is 10.6 Å². The Morgan fingerprint density at radius 1 is 0.583 bits per heavy atom. The molecular weight excluding hydrogens is 469 g/mol. The molecule has 0 radical (unpaired) electrons. The lowest BCUT2D eigenvalue weighted by molar-refractivity contribution is 0.110. The van der Waals surface area contributed by atoms with Gasteiger partial charge in [-0.3, -0.25) is 9.05 Å². The van der Waals surface area contributed by atoms with Crippen molar-refractivity contribution in [1.29, 1.82) is 0 Å². The molecule has 36 heavy (non-hydrogen) atoms. The second-order valence-electron chi connectivity index (χ2n) is 10.6. The highest BCUT2D eigenvalue weighted by atomic mass is 31.2. The minimum absolute atomic E-state index is 0.316. The molecule has 5 nitrogen and oxygen atoms in total. The maximum absolute atomic E-state index is 11.9. The molecular formula is C30H66NO4P. The average molecular weight is 536 g/mol. The molecule has 0 aromatic carbocycles. The van der Waals surface area contributed by atoms with Crippen molar-refractivity contribution in [2.45, 2.75) is 163 Å². The number of unbranched alkanes of at least 4 members (excludes halogenated alkanes) is 13. The summed E-state index contributed by atoms with van der Waals surface area (Å²) < 4.78 is 22.2. The molecule has 0 aromatic rings. The van der Waals surface area contributed by atoms with E-state index < -0.39 is 7.82 Å². The minimum atomic E-state index is -3.89. The number of phosphoric acid groups is 1. The van der Waals surface area contributed by atoms with Crippen LogP contribution in [0.25, 0.3) is 0 Å². The van der Waals surface area contributed by atoms with Gasteiger partial charge in [0.2, 0.25) is 0 Å². The topological polar surface area (TPSA) is 81.8 Å². The Balaban J connectivity index is 0. The van der Waals surface area contributed by atoms with Gasteiger partial charge >= 0.3 is 7.82 Å². The standard InChI is InChI=1S/C16H35O4P.C14H31N/c1-5-9-11-15(7-3)13-19-21(17,18)20-14-16(8-4)12-10-6-2;1-2-3-4-5-6-7-8-9-10-11-12-13-14-15/h15-16H,5-14H2,1-4H3,(H,17,18);2-15H2,1H3.